The molecule has 0 saturated carbocycles. The smallest absolute Gasteiger partial charge is 0.308 e. The lowest BCUT2D eigenvalue weighted by Crippen LogP contribution is -2.23. The minimum absolute atomic E-state index is 0.0195. The summed E-state index contributed by atoms with van der Waals surface area (Å²) in [5.41, 5.74) is 0. The molecular weight excluding hydrogens is 687 g/mol. The van der Waals surface area contributed by atoms with Crippen LogP contribution >= 0.6 is 0 Å². The van der Waals surface area contributed by atoms with E-state index in [1.807, 2.05) is 0 Å². The minimum Gasteiger partial charge on any atom is -0.466 e. The Labute approximate surface area is 340 Å². The number of hydrogen-bond acceptors (Lipinski definition) is 7. The van der Waals surface area contributed by atoms with Gasteiger partial charge in [0.1, 0.15) is 0 Å². The van der Waals surface area contributed by atoms with Crippen LogP contribution in [0.5, 0.6) is 0 Å². The molecule has 1 rings (SSSR count). The number of ether oxygens (including phenoxy) is 3. The molecule has 0 aliphatic carbocycles. The van der Waals surface area contributed by atoms with Crippen molar-refractivity contribution in [2.45, 2.75) is 221 Å². The number of unbranched alkanes of at least 4 members (excludes halogenated alkanes) is 12. The minimum atomic E-state index is -0.0693. The van der Waals surface area contributed by atoms with E-state index < -0.39 is 0 Å². The first-order valence-electron chi connectivity index (χ1n) is 23.9. The second kappa shape index (κ2) is 35.5. The molecule has 2 atom stereocenters. The zero-order chi connectivity index (χ0) is 40.4. The van der Waals surface area contributed by atoms with Crippen molar-refractivity contribution in [1.82, 2.24) is 4.90 Å². The SMILES string of the molecule is CCCCCC(CCCCC)CCOC(=O)CCCCCCCCC(CCCCCCC(=O)OCC(CCC(C)C)C(C)C)C(=O)OCCCN1CCCC1. The van der Waals surface area contributed by atoms with Gasteiger partial charge >= 0.3 is 17.9 Å². The zero-order valence-corrected chi connectivity index (χ0v) is 37.3. The van der Waals surface area contributed by atoms with E-state index in [4.69, 9.17) is 14.2 Å². The summed E-state index contributed by atoms with van der Waals surface area (Å²) in [6.07, 6.45) is 30.0. The molecule has 7 nitrogen and oxygen atoms in total. The van der Waals surface area contributed by atoms with Gasteiger partial charge in [-0.2, -0.15) is 0 Å². The van der Waals surface area contributed by atoms with Crippen LogP contribution in [0.15, 0.2) is 0 Å². The maximum Gasteiger partial charge on any atom is 0.308 e. The van der Waals surface area contributed by atoms with Crippen LogP contribution in [0.4, 0.5) is 0 Å². The maximum absolute atomic E-state index is 13.2. The lowest BCUT2D eigenvalue weighted by molar-refractivity contribution is -0.149. The highest BCUT2D eigenvalue weighted by Gasteiger charge is 2.21. The van der Waals surface area contributed by atoms with E-state index in [1.165, 1.54) is 83.7 Å². The van der Waals surface area contributed by atoms with Crippen molar-refractivity contribution in [3.63, 3.8) is 0 Å². The highest BCUT2D eigenvalue weighted by atomic mass is 16.5. The van der Waals surface area contributed by atoms with Gasteiger partial charge in [0.05, 0.1) is 25.7 Å². The van der Waals surface area contributed by atoms with Crippen LogP contribution in [-0.2, 0) is 28.6 Å². The molecule has 1 heterocycles. The molecule has 1 aliphatic rings. The zero-order valence-electron chi connectivity index (χ0n) is 37.3. The van der Waals surface area contributed by atoms with Gasteiger partial charge < -0.3 is 19.1 Å². The Kier molecular flexibility index (Phi) is 33.2. The number of carbonyl (C=O) groups excluding carboxylic acids is 3. The molecule has 1 fully saturated rings. The van der Waals surface area contributed by atoms with Gasteiger partial charge in [0.25, 0.3) is 0 Å². The first-order valence-corrected chi connectivity index (χ1v) is 23.9. The van der Waals surface area contributed by atoms with E-state index >= 15 is 0 Å². The molecule has 0 spiro atoms. The van der Waals surface area contributed by atoms with Crippen LogP contribution in [0, 0.1) is 29.6 Å². The first kappa shape index (κ1) is 51.4. The van der Waals surface area contributed by atoms with E-state index in [2.05, 4.69) is 46.4 Å². The normalized spacial score (nSPS) is 14.6. The highest BCUT2D eigenvalue weighted by Crippen LogP contribution is 2.24. The Morgan fingerprint density at radius 1 is 0.527 bits per heavy atom. The summed E-state index contributed by atoms with van der Waals surface area (Å²) in [7, 11) is 0. The van der Waals surface area contributed by atoms with Crippen molar-refractivity contribution in [2.75, 3.05) is 39.5 Å². The highest BCUT2D eigenvalue weighted by molar-refractivity contribution is 5.72. The third kappa shape index (κ3) is 30.2. The molecule has 0 aromatic heterocycles. The molecule has 0 bridgehead atoms. The van der Waals surface area contributed by atoms with Gasteiger partial charge in [-0.1, -0.05) is 151 Å². The Balaban J connectivity index is 2.31. The third-order valence-corrected chi connectivity index (χ3v) is 12.0. The van der Waals surface area contributed by atoms with Gasteiger partial charge in [0.2, 0.25) is 0 Å². The number of likely N-dealkylation sites (tertiary alicyclic amines) is 1. The van der Waals surface area contributed by atoms with Gasteiger partial charge in [-0.25, -0.2) is 0 Å². The van der Waals surface area contributed by atoms with Crippen LogP contribution in [0.3, 0.4) is 0 Å². The number of rotatable bonds is 38. The number of hydrogen-bond donors (Lipinski definition) is 0. The fraction of sp³-hybridized carbons (Fsp3) is 0.938. The van der Waals surface area contributed by atoms with Gasteiger partial charge in [-0.05, 0) is 94.5 Å². The Hall–Kier alpha value is -1.63. The Morgan fingerprint density at radius 2 is 1.05 bits per heavy atom. The molecule has 0 aromatic carbocycles. The van der Waals surface area contributed by atoms with E-state index in [-0.39, 0.29) is 23.8 Å². The molecule has 55 heavy (non-hydrogen) atoms. The molecule has 0 radical (unpaired) electrons. The van der Waals surface area contributed by atoms with Gasteiger partial charge in [0, 0.05) is 19.4 Å². The molecule has 2 unspecified atom stereocenters. The second-order valence-electron chi connectivity index (χ2n) is 17.9. The molecular formula is C48H91NO6. The Bertz CT molecular complexity index is 906. The van der Waals surface area contributed by atoms with Crippen molar-refractivity contribution in [3.05, 3.63) is 0 Å². The number of carbonyl (C=O) groups is 3. The number of esters is 3. The van der Waals surface area contributed by atoms with Crippen LogP contribution in [0.1, 0.15) is 221 Å². The summed E-state index contributed by atoms with van der Waals surface area (Å²) >= 11 is 0. The first-order chi connectivity index (χ1) is 26.7. The average molecular weight is 778 g/mol. The van der Waals surface area contributed by atoms with Gasteiger partial charge in [0.15, 0.2) is 0 Å². The maximum atomic E-state index is 13.2. The van der Waals surface area contributed by atoms with Crippen molar-refractivity contribution in [2.24, 2.45) is 29.6 Å². The largest absolute Gasteiger partial charge is 0.466 e. The molecule has 0 N–H and O–H groups in total. The molecule has 0 aromatic rings. The van der Waals surface area contributed by atoms with Crippen LogP contribution in [-0.4, -0.2) is 62.3 Å². The van der Waals surface area contributed by atoms with Crippen LogP contribution in [0.2, 0.25) is 0 Å². The predicted octanol–water partition coefficient (Wildman–Crippen LogP) is 13.1. The molecule has 7 heteroatoms. The summed E-state index contributed by atoms with van der Waals surface area (Å²) in [5.74, 6) is 2.17. The molecule has 1 aliphatic heterocycles. The van der Waals surface area contributed by atoms with Gasteiger partial charge in [-0.3, -0.25) is 14.4 Å². The second-order valence-corrected chi connectivity index (χ2v) is 17.9. The fourth-order valence-corrected chi connectivity index (χ4v) is 7.99. The summed E-state index contributed by atoms with van der Waals surface area (Å²) in [6, 6.07) is 0. The molecule has 1 saturated heterocycles. The number of nitrogens with zero attached hydrogens (tertiary/aromatic N) is 1. The van der Waals surface area contributed by atoms with Crippen molar-refractivity contribution in [3.8, 4) is 0 Å². The molecule has 324 valence electrons. The van der Waals surface area contributed by atoms with E-state index in [0.717, 1.165) is 103 Å². The third-order valence-electron chi connectivity index (χ3n) is 12.0. The van der Waals surface area contributed by atoms with E-state index in [0.29, 0.717) is 56.3 Å². The monoisotopic (exact) mass is 778 g/mol. The van der Waals surface area contributed by atoms with E-state index in [9.17, 15) is 14.4 Å². The predicted molar refractivity (Wildman–Crippen MR) is 230 cm³/mol. The summed E-state index contributed by atoms with van der Waals surface area (Å²) < 4.78 is 17.1. The lowest BCUT2D eigenvalue weighted by Gasteiger charge is -2.21. The van der Waals surface area contributed by atoms with Crippen molar-refractivity contribution < 1.29 is 28.6 Å². The van der Waals surface area contributed by atoms with Crippen LogP contribution < -0.4 is 0 Å². The summed E-state index contributed by atoms with van der Waals surface area (Å²) in [6.45, 7) is 18.5. The molecule has 0 amide bonds. The average Bonchev–Trinajstić information content (AvgIpc) is 3.68. The fourth-order valence-electron chi connectivity index (χ4n) is 7.99. The van der Waals surface area contributed by atoms with Crippen molar-refractivity contribution >= 4 is 17.9 Å². The topological polar surface area (TPSA) is 82.1 Å². The van der Waals surface area contributed by atoms with Crippen LogP contribution in [0.25, 0.3) is 0 Å². The lowest BCUT2D eigenvalue weighted by atomic mass is 9.89. The Morgan fingerprint density at radius 3 is 1.60 bits per heavy atom. The summed E-state index contributed by atoms with van der Waals surface area (Å²) in [4.78, 5) is 40.4. The summed E-state index contributed by atoms with van der Waals surface area (Å²) in [5, 5.41) is 0. The quantitative estimate of drug-likeness (QED) is 0.0351. The van der Waals surface area contributed by atoms with Crippen molar-refractivity contribution in [1.29, 1.82) is 0 Å². The standard InChI is InChI=1S/C48H91NO6/c1-7-9-17-26-43(27-18-10-8-2)34-39-53-46(50)30-21-14-12-11-13-19-28-44(48(52)54-38-25-37-49-35-23-24-36-49)29-20-15-16-22-31-47(51)55-40-45(42(5)6)33-32-41(3)4/h41-45H,7-40H2,1-6H3. The van der Waals surface area contributed by atoms with Gasteiger partial charge in [-0.15, -0.1) is 0 Å². The van der Waals surface area contributed by atoms with E-state index in [1.54, 1.807) is 0 Å².